The Bertz CT molecular complexity index is 1300. The number of aliphatic hydroxyl groups is 1. The molecule has 0 radical (unpaired) electrons. The number of hydrogen-bond acceptors (Lipinski definition) is 8. The average molecular weight is 719 g/mol. The zero-order chi connectivity index (χ0) is 34.3. The summed E-state index contributed by atoms with van der Waals surface area (Å²) in [5.74, 6) is -3.69. The van der Waals surface area contributed by atoms with Crippen LogP contribution in [0, 0.1) is 11.8 Å². The van der Waals surface area contributed by atoms with Gasteiger partial charge in [-0.25, -0.2) is 0 Å². The van der Waals surface area contributed by atoms with Crippen LogP contribution in [0.1, 0.15) is 57.6 Å². The van der Waals surface area contributed by atoms with Crippen LogP contribution in [0.2, 0.25) is 0 Å². The number of unbranched alkanes of at least 4 members (excludes halogenated alkanes) is 1. The van der Waals surface area contributed by atoms with Gasteiger partial charge in [0.2, 0.25) is 17.7 Å². The third-order valence-corrected chi connectivity index (χ3v) is 10.3. The SMILES string of the molecule is C=CCCC(=O)N[C@H](COC)[C@H](OC(=O)[C@@H]1[C@H]2O[C@@]3(CC2Br)[C@H](C(=O)N(CC=C)CCCC)N([C@H](C)CO)C(=O)[C@@H]13)c1ccccc1. The molecule has 47 heavy (non-hydrogen) atoms. The number of carbonyl (C=O) groups is 4. The minimum atomic E-state index is -1.31. The standard InChI is InChI=1S/C35H48BrN3O8/c1-6-9-16-26(41)37-25(21-45-5)29(23-14-12-11-13-15-23)46-34(44)27-28-32(42)39(22(4)20-40)31(35(28)19-24(36)30(27)47-35)33(43)38(17-8-3)18-10-7-2/h6,8,11-15,22,24-25,27-31,40H,1,3,7,9-10,16-21H2,2,4-5H3,(H,37,41)/t22-,24?,25-,27+,28-,29-,30+,31+,35-/m1/s1. The summed E-state index contributed by atoms with van der Waals surface area (Å²) in [7, 11) is 1.50. The number of hydrogen-bond donors (Lipinski definition) is 2. The monoisotopic (exact) mass is 717 g/mol. The van der Waals surface area contributed by atoms with Crippen molar-refractivity contribution in [3.63, 3.8) is 0 Å². The van der Waals surface area contributed by atoms with Crippen molar-refractivity contribution in [2.45, 2.75) is 86.7 Å². The number of aliphatic hydroxyl groups excluding tert-OH is 1. The van der Waals surface area contributed by atoms with E-state index < -0.39 is 59.6 Å². The highest BCUT2D eigenvalue weighted by Gasteiger charge is 2.77. The molecule has 1 unspecified atom stereocenters. The largest absolute Gasteiger partial charge is 0.455 e. The minimum Gasteiger partial charge on any atom is -0.455 e. The number of benzene rings is 1. The second-order valence-electron chi connectivity index (χ2n) is 12.6. The molecule has 2 bridgehead atoms. The third-order valence-electron chi connectivity index (χ3n) is 9.42. The number of alkyl halides is 1. The molecule has 3 amide bonds. The lowest BCUT2D eigenvalue weighted by molar-refractivity contribution is -0.163. The zero-order valence-corrected chi connectivity index (χ0v) is 29.1. The molecule has 0 saturated carbocycles. The number of carbonyl (C=O) groups excluding carboxylic acids is 4. The number of rotatable bonds is 18. The fourth-order valence-electron chi connectivity index (χ4n) is 7.27. The van der Waals surface area contributed by atoms with Crippen LogP contribution < -0.4 is 5.32 Å². The van der Waals surface area contributed by atoms with E-state index >= 15 is 0 Å². The highest BCUT2D eigenvalue weighted by Crippen LogP contribution is 2.61. The zero-order valence-electron chi connectivity index (χ0n) is 27.5. The van der Waals surface area contributed by atoms with Gasteiger partial charge in [-0.1, -0.05) is 71.8 Å². The van der Waals surface area contributed by atoms with E-state index in [4.69, 9.17) is 14.2 Å². The van der Waals surface area contributed by atoms with Crippen molar-refractivity contribution in [3.05, 3.63) is 61.2 Å². The minimum absolute atomic E-state index is 0.0555. The van der Waals surface area contributed by atoms with Crippen LogP contribution in [0.25, 0.3) is 0 Å². The fraction of sp³-hybridized carbons (Fsp3) is 0.600. The molecule has 3 aliphatic heterocycles. The van der Waals surface area contributed by atoms with Gasteiger partial charge in [0, 0.05) is 31.4 Å². The molecule has 3 saturated heterocycles. The Labute approximate surface area is 285 Å². The van der Waals surface area contributed by atoms with Crippen molar-refractivity contribution in [1.82, 2.24) is 15.1 Å². The Hall–Kier alpha value is -3.06. The average Bonchev–Trinajstić information content (AvgIpc) is 3.67. The molecule has 1 aromatic rings. The number of nitrogens with zero attached hydrogens (tertiary/aromatic N) is 2. The smallest absolute Gasteiger partial charge is 0.313 e. The van der Waals surface area contributed by atoms with Gasteiger partial charge in [-0.15, -0.1) is 13.2 Å². The van der Waals surface area contributed by atoms with Crippen LogP contribution in [-0.4, -0.2) is 107 Å². The number of methoxy groups -OCH3 is 1. The van der Waals surface area contributed by atoms with Crippen LogP contribution >= 0.6 is 15.9 Å². The lowest BCUT2D eigenvalue weighted by Gasteiger charge is -2.38. The van der Waals surface area contributed by atoms with E-state index in [0.29, 0.717) is 24.9 Å². The van der Waals surface area contributed by atoms with Gasteiger partial charge in [-0.3, -0.25) is 19.2 Å². The first-order valence-corrected chi connectivity index (χ1v) is 17.3. The third kappa shape index (κ3) is 7.35. The highest BCUT2D eigenvalue weighted by atomic mass is 79.9. The van der Waals surface area contributed by atoms with E-state index in [1.165, 1.54) is 12.0 Å². The summed E-state index contributed by atoms with van der Waals surface area (Å²) < 4.78 is 18.3. The molecule has 4 rings (SSSR count). The number of allylic oxidation sites excluding steroid dienone is 1. The second kappa shape index (κ2) is 16.4. The molecule has 9 atom stereocenters. The Kier molecular flexibility index (Phi) is 12.8. The van der Waals surface area contributed by atoms with Crippen LogP contribution in [0.5, 0.6) is 0 Å². The van der Waals surface area contributed by atoms with E-state index in [2.05, 4.69) is 34.4 Å². The van der Waals surface area contributed by atoms with Crippen molar-refractivity contribution in [2.75, 3.05) is 33.4 Å². The first-order chi connectivity index (χ1) is 22.6. The second-order valence-corrected chi connectivity index (χ2v) is 13.8. The summed E-state index contributed by atoms with van der Waals surface area (Å²) in [5.41, 5.74) is -0.669. The van der Waals surface area contributed by atoms with Crippen LogP contribution in [-0.2, 0) is 33.4 Å². The Morgan fingerprint density at radius 2 is 1.98 bits per heavy atom. The first-order valence-electron chi connectivity index (χ1n) is 16.4. The maximum Gasteiger partial charge on any atom is 0.313 e. The molecule has 258 valence electrons. The van der Waals surface area contributed by atoms with Gasteiger partial charge in [-0.2, -0.15) is 0 Å². The fourth-order valence-corrected chi connectivity index (χ4v) is 8.22. The Balaban J connectivity index is 1.72. The van der Waals surface area contributed by atoms with Crippen LogP contribution in [0.3, 0.4) is 0 Å². The number of ether oxygens (including phenoxy) is 3. The normalized spacial score (nSPS) is 27.9. The quantitative estimate of drug-likeness (QED) is 0.134. The van der Waals surface area contributed by atoms with Gasteiger partial charge in [-0.05, 0) is 31.7 Å². The number of fused-ring (bicyclic) bond motifs is 1. The number of likely N-dealkylation sites (tertiary alicyclic amines) is 1. The summed E-state index contributed by atoms with van der Waals surface area (Å²) in [6.07, 6.45) is 4.26. The Morgan fingerprint density at radius 3 is 2.60 bits per heavy atom. The molecule has 1 spiro atoms. The molecule has 3 fully saturated rings. The van der Waals surface area contributed by atoms with Gasteiger partial charge in [0.25, 0.3) is 0 Å². The van der Waals surface area contributed by atoms with Crippen LogP contribution in [0.15, 0.2) is 55.6 Å². The van der Waals surface area contributed by atoms with E-state index in [-0.39, 0.29) is 42.8 Å². The summed E-state index contributed by atoms with van der Waals surface area (Å²) in [6, 6.07) is 6.57. The summed E-state index contributed by atoms with van der Waals surface area (Å²) in [4.78, 5) is 58.7. The Morgan fingerprint density at radius 1 is 1.26 bits per heavy atom. The molecule has 2 N–H and O–H groups in total. The molecular formula is C35H48BrN3O8. The van der Waals surface area contributed by atoms with Gasteiger partial charge >= 0.3 is 5.97 Å². The summed E-state index contributed by atoms with van der Waals surface area (Å²) in [6.45, 7) is 11.7. The van der Waals surface area contributed by atoms with Gasteiger partial charge in [0.1, 0.15) is 17.7 Å². The van der Waals surface area contributed by atoms with Gasteiger partial charge < -0.3 is 34.4 Å². The van der Waals surface area contributed by atoms with Crippen molar-refractivity contribution in [1.29, 1.82) is 0 Å². The van der Waals surface area contributed by atoms with Crippen molar-refractivity contribution in [2.24, 2.45) is 11.8 Å². The summed E-state index contributed by atoms with van der Waals surface area (Å²) >= 11 is 3.70. The van der Waals surface area contributed by atoms with E-state index in [1.54, 1.807) is 36.1 Å². The predicted molar refractivity (Wildman–Crippen MR) is 179 cm³/mol. The number of nitrogens with one attached hydrogen (secondary N) is 1. The predicted octanol–water partition coefficient (Wildman–Crippen LogP) is 3.31. The van der Waals surface area contributed by atoms with Gasteiger partial charge in [0.15, 0.2) is 0 Å². The van der Waals surface area contributed by atoms with Crippen LogP contribution in [0.4, 0.5) is 0 Å². The molecule has 0 aliphatic carbocycles. The number of esters is 1. The molecule has 3 aliphatic rings. The lowest BCUT2D eigenvalue weighted by atomic mass is 9.70. The highest BCUT2D eigenvalue weighted by molar-refractivity contribution is 9.09. The maximum absolute atomic E-state index is 14.4. The van der Waals surface area contributed by atoms with Crippen molar-refractivity contribution >= 4 is 39.6 Å². The molecule has 3 heterocycles. The molecule has 0 aromatic heterocycles. The van der Waals surface area contributed by atoms with E-state index in [1.807, 2.05) is 25.1 Å². The molecule has 11 nitrogen and oxygen atoms in total. The topological polar surface area (TPSA) is 135 Å². The number of halogens is 1. The van der Waals surface area contributed by atoms with Crippen molar-refractivity contribution in [3.8, 4) is 0 Å². The lowest BCUT2D eigenvalue weighted by Crippen LogP contribution is -2.58. The maximum atomic E-state index is 14.4. The number of amides is 3. The first kappa shape index (κ1) is 36.8. The van der Waals surface area contributed by atoms with E-state index in [9.17, 15) is 24.3 Å². The molecular weight excluding hydrogens is 670 g/mol. The molecule has 1 aromatic carbocycles. The molecule has 12 heteroatoms. The summed E-state index contributed by atoms with van der Waals surface area (Å²) in [5, 5.41) is 13.2. The van der Waals surface area contributed by atoms with E-state index in [0.717, 1.165) is 12.8 Å². The van der Waals surface area contributed by atoms with Gasteiger partial charge in [0.05, 0.1) is 43.2 Å². The van der Waals surface area contributed by atoms with Crippen molar-refractivity contribution < 1.29 is 38.5 Å².